The van der Waals surface area contributed by atoms with Crippen molar-refractivity contribution in [1.29, 1.82) is 0 Å². The van der Waals surface area contributed by atoms with Gasteiger partial charge >= 0.3 is 5.97 Å². The summed E-state index contributed by atoms with van der Waals surface area (Å²) in [6, 6.07) is 28.1. The molecule has 206 valence electrons. The number of alkyl halides is 1. The second-order valence-corrected chi connectivity index (χ2v) is 10.3. The van der Waals surface area contributed by atoms with E-state index in [1.54, 1.807) is 34.9 Å². The molecule has 0 spiro atoms. The summed E-state index contributed by atoms with van der Waals surface area (Å²) in [5.41, 5.74) is 5.88. The van der Waals surface area contributed by atoms with Gasteiger partial charge in [-0.3, -0.25) is 4.79 Å². The normalized spacial score (nSPS) is 11.9. The van der Waals surface area contributed by atoms with E-state index in [0.717, 1.165) is 26.7 Å². The minimum Gasteiger partial charge on any atom is -0.489 e. The van der Waals surface area contributed by atoms with Crippen LogP contribution in [0.1, 0.15) is 38.3 Å². The predicted octanol–water partition coefficient (Wildman–Crippen LogP) is 6.44. The first-order valence-electron chi connectivity index (χ1n) is 13.1. The molecule has 0 aliphatic carbocycles. The molecule has 0 saturated heterocycles. The van der Waals surface area contributed by atoms with E-state index in [2.05, 4.69) is 57.2 Å². The molecule has 5 rings (SSSR count). The van der Waals surface area contributed by atoms with E-state index >= 15 is 0 Å². The molecule has 8 heteroatoms. The number of fused-ring (bicyclic) bond motifs is 1. The van der Waals surface area contributed by atoms with Crippen molar-refractivity contribution in [3.63, 3.8) is 0 Å². The molecule has 3 aromatic carbocycles. The second-order valence-electron chi connectivity index (χ2n) is 9.55. The minimum atomic E-state index is -1.12. The highest BCUT2D eigenvalue weighted by atomic mass is 127. The molecule has 7 nitrogen and oxygen atoms in total. The zero-order valence-electron chi connectivity index (χ0n) is 22.1. The lowest BCUT2D eigenvalue weighted by Crippen LogP contribution is -2.42. The van der Waals surface area contributed by atoms with Crippen molar-refractivity contribution < 1.29 is 19.4 Å². The van der Waals surface area contributed by atoms with E-state index in [0.29, 0.717) is 18.0 Å². The third-order valence-electron chi connectivity index (χ3n) is 6.52. The highest BCUT2D eigenvalue weighted by molar-refractivity contribution is 14.1. The van der Waals surface area contributed by atoms with Crippen molar-refractivity contribution in [2.45, 2.75) is 23.5 Å². The largest absolute Gasteiger partial charge is 0.489 e. The number of hydrogen-bond donors (Lipinski definition) is 2. The van der Waals surface area contributed by atoms with Gasteiger partial charge in [-0.25, -0.2) is 9.78 Å². The maximum absolute atomic E-state index is 13.0. The summed E-state index contributed by atoms with van der Waals surface area (Å²) < 4.78 is 8.54. The first kappa shape index (κ1) is 28.1. The smallest absolute Gasteiger partial charge is 0.326 e. The fourth-order valence-electron chi connectivity index (χ4n) is 4.26. The van der Waals surface area contributed by atoms with Crippen molar-refractivity contribution >= 4 is 52.3 Å². The zero-order chi connectivity index (χ0) is 28.6. The summed E-state index contributed by atoms with van der Waals surface area (Å²) in [4.78, 5) is 29.3. The van der Waals surface area contributed by atoms with Gasteiger partial charge in [-0.15, -0.1) is 0 Å². The number of aromatic nitrogens is 2. The van der Waals surface area contributed by atoms with Gasteiger partial charge in [0.25, 0.3) is 5.91 Å². The molecule has 0 aliphatic rings. The van der Waals surface area contributed by atoms with Crippen LogP contribution in [-0.4, -0.2) is 32.4 Å². The number of nitrogens with zero attached hydrogens (tertiary/aromatic N) is 2. The first-order valence-corrected chi connectivity index (χ1v) is 14.6. The Hall–Kier alpha value is -4.44. The van der Waals surface area contributed by atoms with Crippen LogP contribution in [-0.2, 0) is 22.2 Å². The molecule has 2 aromatic heterocycles. The lowest BCUT2D eigenvalue weighted by Gasteiger charge is -2.14. The van der Waals surface area contributed by atoms with Crippen LogP contribution in [0.25, 0.3) is 17.8 Å². The number of imidazole rings is 1. The summed E-state index contributed by atoms with van der Waals surface area (Å²) in [7, 11) is 0. The number of carbonyl (C=O) groups excluding carboxylic acids is 1. The van der Waals surface area contributed by atoms with Crippen molar-refractivity contribution in [3.05, 3.63) is 137 Å². The van der Waals surface area contributed by atoms with Crippen molar-refractivity contribution in [2.75, 3.05) is 0 Å². The molecule has 0 fully saturated rings. The number of halogens is 1. The minimum absolute atomic E-state index is 0.126. The number of amides is 1. The number of aliphatic carboxylic acids is 1. The van der Waals surface area contributed by atoms with Gasteiger partial charge in [-0.1, -0.05) is 101 Å². The molecule has 0 radical (unpaired) electrons. The van der Waals surface area contributed by atoms with Crippen molar-refractivity contribution in [2.24, 2.45) is 0 Å². The number of benzene rings is 3. The third-order valence-corrected chi connectivity index (χ3v) is 7.40. The Morgan fingerprint density at radius 1 is 0.854 bits per heavy atom. The highest BCUT2D eigenvalue weighted by Crippen LogP contribution is 2.17. The van der Waals surface area contributed by atoms with Crippen LogP contribution in [0.2, 0.25) is 0 Å². The van der Waals surface area contributed by atoms with Gasteiger partial charge in [-0.2, -0.15) is 0 Å². The van der Waals surface area contributed by atoms with Crippen LogP contribution in [0, 0.1) is 0 Å². The summed E-state index contributed by atoms with van der Waals surface area (Å²) in [5, 5.41) is 12.4. The Labute approximate surface area is 251 Å². The fourth-order valence-corrected chi connectivity index (χ4v) is 4.77. The molecule has 0 bridgehead atoms. The second kappa shape index (κ2) is 13.3. The van der Waals surface area contributed by atoms with Gasteiger partial charge in [-0.05, 0) is 52.1 Å². The standard InChI is InChI=1S/C33H28IN3O4/c34-19-25-9-6-23(7-10-25)8-11-26-14-17-31-35-30(21-37(31)20-26)32(38)36-29(33(39)40)18-24-12-15-28(16-13-24)41-22-27-4-2-1-3-5-27/h1-17,20-21,29H,18-19,22H2,(H,36,38)(H,39,40)/b11-8+. The number of pyridine rings is 1. The van der Waals surface area contributed by atoms with E-state index in [1.807, 2.05) is 60.8 Å². The summed E-state index contributed by atoms with van der Waals surface area (Å²) in [5.74, 6) is -0.983. The van der Waals surface area contributed by atoms with Crippen LogP contribution >= 0.6 is 22.6 Å². The van der Waals surface area contributed by atoms with Gasteiger partial charge in [0.15, 0.2) is 0 Å². The first-order chi connectivity index (χ1) is 20.0. The Kier molecular flexibility index (Phi) is 9.10. The molecule has 5 aromatic rings. The van der Waals surface area contributed by atoms with Gasteiger partial charge in [0.05, 0.1) is 0 Å². The average Bonchev–Trinajstić information content (AvgIpc) is 3.44. The highest BCUT2D eigenvalue weighted by Gasteiger charge is 2.22. The van der Waals surface area contributed by atoms with Gasteiger partial charge in [0, 0.05) is 23.2 Å². The number of hydrogen-bond acceptors (Lipinski definition) is 4. The van der Waals surface area contributed by atoms with E-state index in [1.165, 1.54) is 5.56 Å². The van der Waals surface area contributed by atoms with E-state index in [4.69, 9.17) is 4.74 Å². The lowest BCUT2D eigenvalue weighted by atomic mass is 10.1. The molecule has 1 atom stereocenters. The third kappa shape index (κ3) is 7.61. The Bertz CT molecular complexity index is 1660. The van der Waals surface area contributed by atoms with Gasteiger partial charge < -0.3 is 19.6 Å². The van der Waals surface area contributed by atoms with Crippen LogP contribution in [0.3, 0.4) is 0 Å². The topological polar surface area (TPSA) is 92.9 Å². The fraction of sp³-hybridized carbons (Fsp3) is 0.121. The Morgan fingerprint density at radius 3 is 2.24 bits per heavy atom. The zero-order valence-corrected chi connectivity index (χ0v) is 24.3. The number of nitrogens with one attached hydrogen (secondary N) is 1. The predicted molar refractivity (Wildman–Crippen MR) is 168 cm³/mol. The molecular weight excluding hydrogens is 629 g/mol. The van der Waals surface area contributed by atoms with E-state index < -0.39 is 17.9 Å². The van der Waals surface area contributed by atoms with Crippen molar-refractivity contribution in [3.8, 4) is 5.75 Å². The van der Waals surface area contributed by atoms with Crippen LogP contribution in [0.5, 0.6) is 5.75 Å². The van der Waals surface area contributed by atoms with Crippen LogP contribution in [0.4, 0.5) is 0 Å². The maximum atomic E-state index is 13.0. The molecule has 1 amide bonds. The average molecular weight is 658 g/mol. The summed E-state index contributed by atoms with van der Waals surface area (Å²) >= 11 is 2.34. The molecular formula is C33H28IN3O4. The Morgan fingerprint density at radius 2 is 1.54 bits per heavy atom. The van der Waals surface area contributed by atoms with Crippen LogP contribution in [0.15, 0.2) is 103 Å². The number of carboxylic acid groups (broad SMARTS) is 1. The lowest BCUT2D eigenvalue weighted by molar-refractivity contribution is -0.139. The molecule has 0 aliphatic heterocycles. The number of carbonyl (C=O) groups is 2. The monoisotopic (exact) mass is 657 g/mol. The molecule has 1 unspecified atom stereocenters. The van der Waals surface area contributed by atoms with Gasteiger partial charge in [0.1, 0.15) is 29.7 Å². The van der Waals surface area contributed by atoms with E-state index in [9.17, 15) is 14.7 Å². The quantitative estimate of drug-likeness (QED) is 0.126. The van der Waals surface area contributed by atoms with E-state index in [-0.39, 0.29) is 12.1 Å². The van der Waals surface area contributed by atoms with Gasteiger partial charge in [0.2, 0.25) is 0 Å². The van der Waals surface area contributed by atoms with Crippen molar-refractivity contribution in [1.82, 2.24) is 14.7 Å². The molecule has 0 saturated carbocycles. The molecule has 2 heterocycles. The SMILES string of the molecule is O=C(NC(Cc1ccc(OCc2ccccc2)cc1)C(=O)O)c1cn2cc(/C=C/c3ccc(CI)cc3)ccc2n1. The maximum Gasteiger partial charge on any atom is 0.326 e. The summed E-state index contributed by atoms with van der Waals surface area (Å²) in [6.45, 7) is 0.442. The summed E-state index contributed by atoms with van der Waals surface area (Å²) in [6.07, 6.45) is 7.64. The van der Waals surface area contributed by atoms with Crippen LogP contribution < -0.4 is 10.1 Å². The molecule has 41 heavy (non-hydrogen) atoms. The Balaban J connectivity index is 1.21. The number of carboxylic acids is 1. The number of rotatable bonds is 11. The molecule has 2 N–H and O–H groups in total. The number of ether oxygens (including phenoxy) is 1.